The van der Waals surface area contributed by atoms with Crippen LogP contribution in [0.5, 0.6) is 0 Å². The molecule has 0 N–H and O–H groups in total. The summed E-state index contributed by atoms with van der Waals surface area (Å²) in [6, 6.07) is 2.62. The summed E-state index contributed by atoms with van der Waals surface area (Å²) in [5, 5.41) is 0.302. The molecule has 0 unspecified atom stereocenters. The number of hydrogen-bond acceptors (Lipinski definition) is 2. The van der Waals surface area contributed by atoms with Crippen molar-refractivity contribution in [3.05, 3.63) is 39.4 Å². The van der Waals surface area contributed by atoms with Crippen LogP contribution in [0, 0.1) is 6.92 Å². The van der Waals surface area contributed by atoms with Crippen LogP contribution in [0.2, 0.25) is 10.0 Å². The van der Waals surface area contributed by atoms with E-state index in [1.165, 1.54) is 12.1 Å². The highest BCUT2D eigenvalue weighted by Crippen LogP contribution is 2.32. The molecule has 0 aliphatic carbocycles. The summed E-state index contributed by atoms with van der Waals surface area (Å²) in [6.07, 6.45) is -2.15. The zero-order valence-electron chi connectivity index (χ0n) is 8.98. The number of esters is 1. The van der Waals surface area contributed by atoms with Gasteiger partial charge in [-0.15, -0.1) is 0 Å². The molecule has 92 valence electrons. The molecule has 1 aromatic carbocycles. The van der Waals surface area contributed by atoms with Crippen LogP contribution in [0.4, 0.5) is 8.78 Å². The summed E-state index contributed by atoms with van der Waals surface area (Å²) in [7, 11) is 1.02. The molecule has 0 heterocycles. The Morgan fingerprint density at radius 2 is 1.82 bits per heavy atom. The van der Waals surface area contributed by atoms with Crippen LogP contribution < -0.4 is 0 Å². The van der Waals surface area contributed by atoms with Gasteiger partial charge >= 0.3 is 5.97 Å². The Bertz CT molecular complexity index is 494. The van der Waals surface area contributed by atoms with Crippen LogP contribution in [0.25, 0.3) is 5.57 Å². The first-order valence-corrected chi connectivity index (χ1v) is 5.23. The molecule has 0 aliphatic rings. The molecule has 0 bridgehead atoms. The molecular weight excluding hydrogens is 273 g/mol. The van der Waals surface area contributed by atoms with Crippen molar-refractivity contribution in [2.24, 2.45) is 0 Å². The quantitative estimate of drug-likeness (QED) is 0.603. The Morgan fingerprint density at radius 3 is 2.29 bits per heavy atom. The Kier molecular flexibility index (Phi) is 4.48. The van der Waals surface area contributed by atoms with Gasteiger partial charge in [-0.3, -0.25) is 0 Å². The highest BCUT2D eigenvalue weighted by Gasteiger charge is 2.22. The third-order valence-corrected chi connectivity index (χ3v) is 2.82. The van der Waals surface area contributed by atoms with Crippen molar-refractivity contribution in [2.75, 3.05) is 7.11 Å². The number of carbonyl (C=O) groups excluding carboxylic acids is 1. The summed E-state index contributed by atoms with van der Waals surface area (Å²) < 4.78 is 29.7. The van der Waals surface area contributed by atoms with E-state index in [4.69, 9.17) is 23.2 Å². The van der Waals surface area contributed by atoms with Gasteiger partial charge in [0.1, 0.15) is 5.57 Å². The van der Waals surface area contributed by atoms with Gasteiger partial charge in [-0.2, -0.15) is 8.78 Å². The van der Waals surface area contributed by atoms with E-state index >= 15 is 0 Å². The predicted molar refractivity (Wildman–Crippen MR) is 62.4 cm³/mol. The Morgan fingerprint density at radius 1 is 1.24 bits per heavy atom. The first-order valence-electron chi connectivity index (χ1n) is 4.48. The van der Waals surface area contributed by atoms with Crippen molar-refractivity contribution in [3.8, 4) is 0 Å². The highest BCUT2D eigenvalue weighted by atomic mass is 35.5. The third kappa shape index (κ3) is 2.96. The van der Waals surface area contributed by atoms with E-state index in [0.717, 1.165) is 7.11 Å². The van der Waals surface area contributed by atoms with E-state index in [9.17, 15) is 13.6 Å². The van der Waals surface area contributed by atoms with Crippen molar-refractivity contribution in [1.29, 1.82) is 0 Å². The van der Waals surface area contributed by atoms with E-state index in [1.807, 2.05) is 0 Å². The molecule has 17 heavy (non-hydrogen) atoms. The minimum atomic E-state index is -2.15. The fourth-order valence-corrected chi connectivity index (χ4v) is 1.72. The number of ether oxygens (including phenoxy) is 1. The van der Waals surface area contributed by atoms with Gasteiger partial charge < -0.3 is 4.74 Å². The summed E-state index contributed by atoms with van der Waals surface area (Å²) >= 11 is 11.6. The van der Waals surface area contributed by atoms with Crippen molar-refractivity contribution in [1.82, 2.24) is 0 Å². The van der Waals surface area contributed by atoms with Crippen LogP contribution in [-0.4, -0.2) is 13.1 Å². The Balaban J connectivity index is 3.46. The molecule has 1 aromatic rings. The van der Waals surface area contributed by atoms with Gasteiger partial charge in [0.25, 0.3) is 6.08 Å². The van der Waals surface area contributed by atoms with Gasteiger partial charge in [0.2, 0.25) is 0 Å². The molecule has 6 heteroatoms. The lowest BCUT2D eigenvalue weighted by atomic mass is 10.0. The average Bonchev–Trinajstić information content (AvgIpc) is 2.25. The summed E-state index contributed by atoms with van der Waals surface area (Å²) in [4.78, 5) is 11.3. The van der Waals surface area contributed by atoms with Gasteiger partial charge in [-0.25, -0.2) is 4.79 Å². The zero-order valence-corrected chi connectivity index (χ0v) is 10.5. The van der Waals surface area contributed by atoms with E-state index in [2.05, 4.69) is 4.74 Å². The van der Waals surface area contributed by atoms with Gasteiger partial charge in [-0.05, 0) is 24.6 Å². The van der Waals surface area contributed by atoms with Crippen LogP contribution >= 0.6 is 23.2 Å². The van der Waals surface area contributed by atoms with Gasteiger partial charge in [-0.1, -0.05) is 23.2 Å². The topological polar surface area (TPSA) is 26.3 Å². The fourth-order valence-electron chi connectivity index (χ4n) is 1.24. The highest BCUT2D eigenvalue weighted by molar-refractivity contribution is 6.37. The van der Waals surface area contributed by atoms with E-state index < -0.39 is 17.6 Å². The van der Waals surface area contributed by atoms with Crippen LogP contribution in [0.3, 0.4) is 0 Å². The lowest BCUT2D eigenvalue weighted by Crippen LogP contribution is -2.06. The number of benzene rings is 1. The molecule has 0 saturated carbocycles. The molecule has 0 spiro atoms. The zero-order chi connectivity index (χ0) is 13.2. The van der Waals surface area contributed by atoms with Gasteiger partial charge in [0, 0.05) is 10.6 Å². The lowest BCUT2D eigenvalue weighted by molar-refractivity contribution is -0.133. The maximum Gasteiger partial charge on any atom is 0.344 e. The van der Waals surface area contributed by atoms with E-state index in [-0.39, 0.29) is 10.6 Å². The van der Waals surface area contributed by atoms with Crippen LogP contribution in [0.1, 0.15) is 11.1 Å². The van der Waals surface area contributed by atoms with Crippen molar-refractivity contribution >= 4 is 34.7 Å². The third-order valence-electron chi connectivity index (χ3n) is 2.10. The smallest absolute Gasteiger partial charge is 0.344 e. The normalized spacial score (nSPS) is 10.0. The molecule has 0 aromatic heterocycles. The molecule has 0 atom stereocenters. The molecule has 0 saturated heterocycles. The number of halogens is 4. The van der Waals surface area contributed by atoms with Crippen LogP contribution in [-0.2, 0) is 9.53 Å². The lowest BCUT2D eigenvalue weighted by Gasteiger charge is -2.09. The second kappa shape index (κ2) is 5.47. The summed E-state index contributed by atoms with van der Waals surface area (Å²) in [5.41, 5.74) is -0.411. The fraction of sp³-hybridized carbons (Fsp3) is 0.182. The van der Waals surface area contributed by atoms with Crippen molar-refractivity contribution in [2.45, 2.75) is 6.92 Å². The number of rotatable bonds is 2. The Labute approximate surface area is 107 Å². The Hall–Kier alpha value is -1.13. The van der Waals surface area contributed by atoms with Crippen molar-refractivity contribution < 1.29 is 18.3 Å². The largest absolute Gasteiger partial charge is 0.465 e. The monoisotopic (exact) mass is 280 g/mol. The molecular formula is C11H8Cl2F2O2. The molecule has 0 radical (unpaired) electrons. The SMILES string of the molecule is COC(=O)C(=C(F)F)c1cc(C)c(Cl)cc1Cl. The number of hydrogen-bond donors (Lipinski definition) is 0. The second-order valence-electron chi connectivity index (χ2n) is 3.21. The van der Waals surface area contributed by atoms with Crippen molar-refractivity contribution in [3.63, 3.8) is 0 Å². The summed E-state index contributed by atoms with van der Waals surface area (Å²) in [6.45, 7) is 1.62. The number of aryl methyl sites for hydroxylation is 1. The summed E-state index contributed by atoms with van der Waals surface area (Å²) in [5.74, 6) is -1.14. The molecule has 1 rings (SSSR count). The standard InChI is InChI=1S/C11H8Cl2F2O2/c1-5-3-6(8(13)4-7(5)12)9(10(14)15)11(16)17-2/h3-4H,1-2H3. The van der Waals surface area contributed by atoms with Gasteiger partial charge in [0.05, 0.1) is 12.1 Å². The minimum Gasteiger partial charge on any atom is -0.465 e. The first kappa shape index (κ1) is 13.9. The first-order chi connectivity index (χ1) is 7.88. The molecule has 2 nitrogen and oxygen atoms in total. The molecule has 0 amide bonds. The second-order valence-corrected chi connectivity index (χ2v) is 4.02. The average molecular weight is 281 g/mol. The van der Waals surface area contributed by atoms with E-state index in [0.29, 0.717) is 10.6 Å². The van der Waals surface area contributed by atoms with E-state index in [1.54, 1.807) is 6.92 Å². The maximum atomic E-state index is 12.7. The van der Waals surface area contributed by atoms with Crippen LogP contribution in [0.15, 0.2) is 18.2 Å². The van der Waals surface area contributed by atoms with Gasteiger partial charge in [0.15, 0.2) is 0 Å². The number of methoxy groups -OCH3 is 1. The number of carbonyl (C=O) groups is 1. The minimum absolute atomic E-state index is 0.0335. The molecule has 0 fully saturated rings. The molecule has 0 aliphatic heterocycles. The maximum absolute atomic E-state index is 12.7. The predicted octanol–water partition coefficient (Wildman–Crippen LogP) is 4.08.